The molecule has 0 amide bonds. The third-order valence-corrected chi connectivity index (χ3v) is 4.79. The van der Waals surface area contributed by atoms with E-state index < -0.39 is 49.3 Å². The van der Waals surface area contributed by atoms with Gasteiger partial charge in [0.05, 0.1) is 38.9 Å². The molecule has 13 nitrogen and oxygen atoms in total. The molecular weight excluding hydrogens is 520 g/mol. The molecule has 0 bridgehead atoms. The Morgan fingerprint density at radius 1 is 0.410 bits per heavy atom. The van der Waals surface area contributed by atoms with E-state index in [9.17, 15) is 38.4 Å². The zero-order chi connectivity index (χ0) is 29.8. The van der Waals surface area contributed by atoms with Crippen molar-refractivity contribution in [3.8, 4) is 0 Å². The Labute approximate surface area is 227 Å². The zero-order valence-electron chi connectivity index (χ0n) is 22.9. The average Bonchev–Trinajstić information content (AvgIpc) is 2.85. The zero-order valence-corrected chi connectivity index (χ0v) is 22.9. The molecule has 0 aromatic rings. The number of ketones is 4. The van der Waals surface area contributed by atoms with E-state index in [-0.39, 0.29) is 87.7 Å². The van der Waals surface area contributed by atoms with Crippen LogP contribution in [-0.2, 0) is 62.0 Å². The van der Waals surface area contributed by atoms with Crippen molar-refractivity contribution in [2.24, 2.45) is 0 Å². The lowest BCUT2D eigenvalue weighted by molar-refractivity contribution is -0.169. The van der Waals surface area contributed by atoms with Gasteiger partial charge in [0, 0.05) is 25.7 Å². The van der Waals surface area contributed by atoms with E-state index in [0.717, 1.165) is 0 Å². The summed E-state index contributed by atoms with van der Waals surface area (Å²) in [5.41, 5.74) is 0. The minimum Gasteiger partial charge on any atom is -0.462 e. The third-order valence-electron chi connectivity index (χ3n) is 4.79. The van der Waals surface area contributed by atoms with Gasteiger partial charge in [-0.1, -0.05) is 0 Å². The van der Waals surface area contributed by atoms with E-state index in [4.69, 9.17) is 23.7 Å². The van der Waals surface area contributed by atoms with Gasteiger partial charge in [-0.2, -0.15) is 0 Å². The van der Waals surface area contributed by atoms with Gasteiger partial charge in [-0.15, -0.1) is 0 Å². The molecule has 39 heavy (non-hydrogen) atoms. The summed E-state index contributed by atoms with van der Waals surface area (Å²) in [5, 5.41) is 0. The second-order valence-corrected chi connectivity index (χ2v) is 8.94. The number of ether oxygens (including phenoxy) is 5. The highest BCUT2D eigenvalue weighted by molar-refractivity contribution is 5.82. The molecule has 0 heterocycles. The van der Waals surface area contributed by atoms with Crippen LogP contribution >= 0.6 is 0 Å². The molecule has 13 heteroatoms. The lowest BCUT2D eigenvalue weighted by Gasteiger charge is -2.21. The first-order valence-corrected chi connectivity index (χ1v) is 12.5. The quantitative estimate of drug-likeness (QED) is 0.137. The second-order valence-electron chi connectivity index (χ2n) is 8.94. The molecule has 0 aliphatic carbocycles. The summed E-state index contributed by atoms with van der Waals surface area (Å²) in [6, 6.07) is 0. The Bertz CT molecular complexity index is 807. The molecule has 0 aliphatic heterocycles. The summed E-state index contributed by atoms with van der Waals surface area (Å²) in [7, 11) is 0. The molecule has 0 rings (SSSR count). The van der Waals surface area contributed by atoms with Crippen molar-refractivity contribution in [2.75, 3.05) is 26.4 Å². The Morgan fingerprint density at radius 2 is 0.692 bits per heavy atom. The van der Waals surface area contributed by atoms with Gasteiger partial charge in [0.15, 0.2) is 12.2 Å². The van der Waals surface area contributed by atoms with Crippen molar-refractivity contribution in [3.05, 3.63) is 0 Å². The number of carbonyl (C=O) groups is 8. The van der Waals surface area contributed by atoms with Crippen LogP contribution < -0.4 is 0 Å². The van der Waals surface area contributed by atoms with Crippen LogP contribution in [0.3, 0.4) is 0 Å². The van der Waals surface area contributed by atoms with Crippen LogP contribution in [0.1, 0.15) is 79.1 Å². The van der Waals surface area contributed by atoms with Crippen LogP contribution in [0, 0.1) is 0 Å². The predicted octanol–water partition coefficient (Wildman–Crippen LogP) is 1.39. The molecule has 0 aromatic heterocycles. The summed E-state index contributed by atoms with van der Waals surface area (Å²) >= 11 is 0. The standard InChI is InChI=1S/C26H38O13/c1-17(27)5-9-23(31)36-15-21(38-25(33)11-7-19(3)29)13-35-14-22(39-26(34)12-8-20(4)30)16-37-24(32)10-6-18(2)28/h21-22H,5-16H2,1-4H3. The van der Waals surface area contributed by atoms with Crippen LogP contribution in [0.5, 0.6) is 0 Å². The van der Waals surface area contributed by atoms with Crippen molar-refractivity contribution in [2.45, 2.75) is 91.3 Å². The molecule has 0 saturated carbocycles. The maximum Gasteiger partial charge on any atom is 0.306 e. The molecule has 0 aliphatic rings. The lowest BCUT2D eigenvalue weighted by Crippen LogP contribution is -2.34. The molecule has 0 fully saturated rings. The normalized spacial score (nSPS) is 12.0. The molecule has 0 aromatic carbocycles. The van der Waals surface area contributed by atoms with Crippen molar-refractivity contribution < 1.29 is 62.0 Å². The van der Waals surface area contributed by atoms with Crippen LogP contribution in [0.2, 0.25) is 0 Å². The first-order chi connectivity index (χ1) is 18.3. The van der Waals surface area contributed by atoms with Crippen molar-refractivity contribution in [1.29, 1.82) is 0 Å². The molecule has 0 N–H and O–H groups in total. The van der Waals surface area contributed by atoms with Crippen molar-refractivity contribution in [1.82, 2.24) is 0 Å². The topological polar surface area (TPSA) is 183 Å². The third kappa shape index (κ3) is 22.2. The van der Waals surface area contributed by atoms with Gasteiger partial charge in [0.2, 0.25) is 0 Å². The van der Waals surface area contributed by atoms with Gasteiger partial charge in [-0.05, 0) is 27.7 Å². The van der Waals surface area contributed by atoms with Gasteiger partial charge >= 0.3 is 23.9 Å². The average molecular weight is 559 g/mol. The molecule has 2 atom stereocenters. The van der Waals surface area contributed by atoms with E-state index in [1.54, 1.807) is 0 Å². The fraction of sp³-hybridized carbons (Fsp3) is 0.692. The number of esters is 4. The molecule has 0 saturated heterocycles. The van der Waals surface area contributed by atoms with Gasteiger partial charge in [0.1, 0.15) is 36.3 Å². The largest absolute Gasteiger partial charge is 0.462 e. The first kappa shape index (κ1) is 35.5. The summed E-state index contributed by atoms with van der Waals surface area (Å²) in [6.07, 6.45) is -3.00. The van der Waals surface area contributed by atoms with Gasteiger partial charge in [-0.3, -0.25) is 19.2 Å². The number of hydrogen-bond donors (Lipinski definition) is 0. The van der Waals surface area contributed by atoms with Gasteiger partial charge in [-0.25, -0.2) is 0 Å². The second kappa shape index (κ2) is 20.5. The van der Waals surface area contributed by atoms with E-state index in [2.05, 4.69) is 0 Å². The molecule has 220 valence electrons. The monoisotopic (exact) mass is 558 g/mol. The van der Waals surface area contributed by atoms with E-state index in [0.29, 0.717) is 0 Å². The summed E-state index contributed by atoms with van der Waals surface area (Å²) in [5.74, 6) is -3.68. The summed E-state index contributed by atoms with van der Waals surface area (Å²) in [4.78, 5) is 92.3. The van der Waals surface area contributed by atoms with Crippen LogP contribution in [0.25, 0.3) is 0 Å². The SMILES string of the molecule is CC(=O)CCC(=O)OCC(COCC(COC(=O)CCC(C)=O)OC(=O)CCC(C)=O)OC(=O)CCC(C)=O. The molecular formula is C26H38O13. The maximum atomic E-state index is 12.1. The van der Waals surface area contributed by atoms with Crippen LogP contribution in [0.4, 0.5) is 0 Å². The Morgan fingerprint density at radius 3 is 0.974 bits per heavy atom. The highest BCUT2D eigenvalue weighted by Crippen LogP contribution is 2.07. The number of carbonyl (C=O) groups excluding carboxylic acids is 8. The highest BCUT2D eigenvalue weighted by atomic mass is 16.6. The van der Waals surface area contributed by atoms with Gasteiger partial charge in [0.25, 0.3) is 0 Å². The number of Topliss-reactive ketones (excluding diaryl/α,β-unsaturated/α-hetero) is 4. The summed E-state index contributed by atoms with van der Waals surface area (Å²) < 4.78 is 26.1. The Hall–Kier alpha value is -3.48. The first-order valence-electron chi connectivity index (χ1n) is 12.5. The fourth-order valence-electron chi connectivity index (χ4n) is 2.68. The minimum atomic E-state index is -1.09. The Balaban J connectivity index is 5.12. The maximum absolute atomic E-state index is 12.1. The molecule has 2 unspecified atom stereocenters. The van der Waals surface area contributed by atoms with E-state index >= 15 is 0 Å². The predicted molar refractivity (Wildman–Crippen MR) is 132 cm³/mol. The minimum absolute atomic E-state index is 0.0137. The summed E-state index contributed by atoms with van der Waals surface area (Å²) in [6.45, 7) is 3.86. The van der Waals surface area contributed by atoms with Crippen LogP contribution in [0.15, 0.2) is 0 Å². The lowest BCUT2D eigenvalue weighted by atomic mass is 10.2. The van der Waals surface area contributed by atoms with Gasteiger partial charge < -0.3 is 42.9 Å². The van der Waals surface area contributed by atoms with Crippen LogP contribution in [-0.4, -0.2) is 85.6 Å². The fourth-order valence-corrected chi connectivity index (χ4v) is 2.68. The highest BCUT2D eigenvalue weighted by Gasteiger charge is 2.22. The smallest absolute Gasteiger partial charge is 0.306 e. The number of rotatable bonds is 22. The Kier molecular flexibility index (Phi) is 18.7. The molecule has 0 spiro atoms. The number of hydrogen-bond acceptors (Lipinski definition) is 13. The van der Waals surface area contributed by atoms with Crippen molar-refractivity contribution in [3.63, 3.8) is 0 Å². The van der Waals surface area contributed by atoms with Crippen molar-refractivity contribution >= 4 is 47.0 Å². The molecule has 0 radical (unpaired) electrons. The van der Waals surface area contributed by atoms with E-state index in [1.165, 1.54) is 27.7 Å². The van der Waals surface area contributed by atoms with E-state index in [1.807, 2.05) is 0 Å².